The molecule has 0 amide bonds. The van der Waals surface area contributed by atoms with Crippen molar-refractivity contribution in [2.24, 2.45) is 0 Å². The minimum atomic E-state index is 0.808. The van der Waals surface area contributed by atoms with Gasteiger partial charge in [0.1, 0.15) is 0 Å². The van der Waals surface area contributed by atoms with E-state index in [1.807, 2.05) is 0 Å². The van der Waals surface area contributed by atoms with E-state index in [1.54, 1.807) is 0 Å². The van der Waals surface area contributed by atoms with E-state index in [9.17, 15) is 0 Å². The molecule has 85 valence electrons. The molecule has 0 saturated carbocycles. The molecule has 0 aromatic carbocycles. The van der Waals surface area contributed by atoms with Gasteiger partial charge in [0.15, 0.2) is 0 Å². The Bertz CT molecular complexity index is 86.1. The highest BCUT2D eigenvalue weighted by Gasteiger charge is 1.87. The second kappa shape index (κ2) is 12.8. The average Bonchev–Trinajstić information content (AvgIpc) is 2.21. The Morgan fingerprint density at radius 2 is 1.14 bits per heavy atom. The van der Waals surface area contributed by atoms with Gasteiger partial charge in [-0.25, -0.2) is 0 Å². The highest BCUT2D eigenvalue weighted by Crippen LogP contribution is 1.62. The van der Waals surface area contributed by atoms with Crippen molar-refractivity contribution >= 4 is 0 Å². The fourth-order valence-corrected chi connectivity index (χ4v) is 1.08. The third kappa shape index (κ3) is 11.8. The van der Waals surface area contributed by atoms with Crippen LogP contribution in [0.25, 0.3) is 0 Å². The molecule has 14 heavy (non-hydrogen) atoms. The maximum Gasteiger partial charge on any atom is 0.00772 e. The van der Waals surface area contributed by atoms with Gasteiger partial charge in [0.05, 0.1) is 0 Å². The lowest BCUT2D eigenvalue weighted by atomic mass is 10.5. The maximum absolute atomic E-state index is 3.70. The lowest BCUT2D eigenvalue weighted by molar-refractivity contribution is 0.577. The first-order valence-corrected chi connectivity index (χ1v) is 5.54. The van der Waals surface area contributed by atoms with Crippen molar-refractivity contribution in [2.45, 2.75) is 6.92 Å². The lowest BCUT2D eigenvalue weighted by Crippen LogP contribution is -2.35. The molecule has 0 aliphatic rings. The minimum absolute atomic E-state index is 0.808. The van der Waals surface area contributed by atoms with Crippen LogP contribution in [0.2, 0.25) is 0 Å². The minimum Gasteiger partial charge on any atom is -0.316 e. The second-order valence-corrected chi connectivity index (χ2v) is 3.10. The molecular formula is C10H25N4. The second-order valence-electron chi connectivity index (χ2n) is 3.10. The van der Waals surface area contributed by atoms with Crippen molar-refractivity contribution in [2.75, 3.05) is 52.4 Å². The third-order valence-electron chi connectivity index (χ3n) is 1.86. The molecule has 0 aliphatic heterocycles. The number of nitrogens with one attached hydrogen (secondary N) is 4. The molecule has 4 N–H and O–H groups in total. The Labute approximate surface area is 88.2 Å². The molecule has 0 bridgehead atoms. The molecular weight excluding hydrogens is 176 g/mol. The monoisotopic (exact) mass is 201 g/mol. The molecule has 1 radical (unpaired) electrons. The molecule has 0 aromatic heterocycles. The van der Waals surface area contributed by atoms with Gasteiger partial charge < -0.3 is 21.3 Å². The van der Waals surface area contributed by atoms with Gasteiger partial charge in [-0.2, -0.15) is 0 Å². The van der Waals surface area contributed by atoms with Crippen LogP contribution in [0.5, 0.6) is 0 Å². The van der Waals surface area contributed by atoms with Gasteiger partial charge in [-0.3, -0.25) is 0 Å². The van der Waals surface area contributed by atoms with Crippen molar-refractivity contribution in [1.29, 1.82) is 0 Å². The Balaban J connectivity index is 2.78. The number of hydrogen-bond donors (Lipinski definition) is 4. The molecule has 0 saturated heterocycles. The summed E-state index contributed by atoms with van der Waals surface area (Å²) in [5.74, 6) is 0. The molecule has 0 fully saturated rings. The van der Waals surface area contributed by atoms with Crippen molar-refractivity contribution < 1.29 is 0 Å². The molecule has 0 aromatic rings. The predicted molar refractivity (Wildman–Crippen MR) is 62.5 cm³/mol. The number of hydrogen-bond acceptors (Lipinski definition) is 4. The van der Waals surface area contributed by atoms with E-state index < -0.39 is 0 Å². The quantitative estimate of drug-likeness (QED) is 0.331. The average molecular weight is 201 g/mol. The normalized spacial score (nSPS) is 10.7. The van der Waals surface area contributed by atoms with Gasteiger partial charge in [0.25, 0.3) is 0 Å². The fourth-order valence-electron chi connectivity index (χ4n) is 1.08. The highest BCUT2D eigenvalue weighted by atomic mass is 15.0. The van der Waals surface area contributed by atoms with Crippen molar-refractivity contribution in [3.8, 4) is 0 Å². The van der Waals surface area contributed by atoms with Gasteiger partial charge >= 0.3 is 0 Å². The van der Waals surface area contributed by atoms with Crippen molar-refractivity contribution in [1.82, 2.24) is 21.3 Å². The van der Waals surface area contributed by atoms with E-state index in [1.165, 1.54) is 0 Å². The summed E-state index contributed by atoms with van der Waals surface area (Å²) in [6.07, 6.45) is 0. The summed E-state index contributed by atoms with van der Waals surface area (Å²) in [5.41, 5.74) is 0. The first-order valence-electron chi connectivity index (χ1n) is 5.54. The van der Waals surface area contributed by atoms with E-state index in [0.29, 0.717) is 0 Å². The molecule has 0 heterocycles. The van der Waals surface area contributed by atoms with Crippen LogP contribution in [-0.2, 0) is 0 Å². The lowest BCUT2D eigenvalue weighted by Gasteiger charge is -2.06. The summed E-state index contributed by atoms with van der Waals surface area (Å²) >= 11 is 0. The molecule has 4 nitrogen and oxygen atoms in total. The SMILES string of the molecule is [CH2]CNCCNCCNCCNCC. The van der Waals surface area contributed by atoms with Gasteiger partial charge in [-0.05, 0) is 20.0 Å². The highest BCUT2D eigenvalue weighted by molar-refractivity contribution is 4.56. The topological polar surface area (TPSA) is 48.1 Å². The van der Waals surface area contributed by atoms with Crippen LogP contribution in [0, 0.1) is 6.92 Å². The molecule has 0 spiro atoms. The van der Waals surface area contributed by atoms with Gasteiger partial charge in [-0.1, -0.05) is 6.92 Å². The van der Waals surface area contributed by atoms with E-state index >= 15 is 0 Å². The Morgan fingerprint density at radius 1 is 0.714 bits per heavy atom. The third-order valence-corrected chi connectivity index (χ3v) is 1.86. The van der Waals surface area contributed by atoms with E-state index in [-0.39, 0.29) is 0 Å². The Kier molecular flexibility index (Phi) is 12.7. The van der Waals surface area contributed by atoms with Gasteiger partial charge in [-0.15, -0.1) is 0 Å². The summed E-state index contributed by atoms with van der Waals surface area (Å²) in [6, 6.07) is 0. The summed E-state index contributed by atoms with van der Waals surface area (Å²) < 4.78 is 0. The molecule has 0 atom stereocenters. The molecule has 0 rings (SSSR count). The predicted octanol–water partition coefficient (Wildman–Crippen LogP) is -0.801. The van der Waals surface area contributed by atoms with Crippen molar-refractivity contribution in [3.05, 3.63) is 6.92 Å². The zero-order valence-corrected chi connectivity index (χ0v) is 9.36. The number of likely N-dealkylation sites (N-methyl/N-ethyl adjacent to an activating group) is 1. The smallest absolute Gasteiger partial charge is 0.00772 e. The fraction of sp³-hybridized carbons (Fsp3) is 0.900. The van der Waals surface area contributed by atoms with Crippen LogP contribution < -0.4 is 21.3 Å². The number of rotatable bonds is 11. The van der Waals surface area contributed by atoms with Crippen LogP contribution in [-0.4, -0.2) is 52.4 Å². The summed E-state index contributed by atoms with van der Waals surface area (Å²) in [5, 5.41) is 13.1. The summed E-state index contributed by atoms with van der Waals surface area (Å²) in [4.78, 5) is 0. The standard InChI is InChI=1S/C10H25N4/c1-3-11-5-7-13-9-10-14-8-6-12-4-2/h11-14H,1,3-10H2,2H3. The maximum atomic E-state index is 3.70. The summed E-state index contributed by atoms with van der Waals surface area (Å²) in [6.45, 7) is 13.9. The molecule has 4 heteroatoms. The summed E-state index contributed by atoms with van der Waals surface area (Å²) in [7, 11) is 0. The van der Waals surface area contributed by atoms with Crippen LogP contribution in [0.4, 0.5) is 0 Å². The van der Waals surface area contributed by atoms with Crippen LogP contribution >= 0.6 is 0 Å². The van der Waals surface area contributed by atoms with E-state index in [4.69, 9.17) is 0 Å². The largest absolute Gasteiger partial charge is 0.316 e. The van der Waals surface area contributed by atoms with Gasteiger partial charge in [0.2, 0.25) is 0 Å². The van der Waals surface area contributed by atoms with Crippen LogP contribution in [0.15, 0.2) is 0 Å². The molecule has 0 unspecified atom stereocenters. The first-order chi connectivity index (χ1) is 6.91. The Morgan fingerprint density at radius 3 is 1.57 bits per heavy atom. The molecule has 0 aliphatic carbocycles. The zero-order chi connectivity index (χ0) is 10.5. The van der Waals surface area contributed by atoms with E-state index in [0.717, 1.165) is 52.4 Å². The van der Waals surface area contributed by atoms with Crippen LogP contribution in [0.3, 0.4) is 0 Å². The van der Waals surface area contributed by atoms with E-state index in [2.05, 4.69) is 35.1 Å². The zero-order valence-electron chi connectivity index (χ0n) is 9.36. The first kappa shape index (κ1) is 13.8. The Hall–Kier alpha value is -0.160. The van der Waals surface area contributed by atoms with Crippen molar-refractivity contribution in [3.63, 3.8) is 0 Å². The van der Waals surface area contributed by atoms with Crippen LogP contribution in [0.1, 0.15) is 6.92 Å². The van der Waals surface area contributed by atoms with Gasteiger partial charge in [0, 0.05) is 39.3 Å².